The molecule has 0 saturated carbocycles. The van der Waals surface area contributed by atoms with E-state index >= 15 is 0 Å². The molecule has 3 N–H and O–H groups in total. The van der Waals surface area contributed by atoms with E-state index in [0.29, 0.717) is 43.6 Å². The van der Waals surface area contributed by atoms with Gasteiger partial charge in [0.1, 0.15) is 0 Å². The lowest BCUT2D eigenvalue weighted by molar-refractivity contribution is -0.120. The normalized spacial score (nSPS) is 10.5. The number of carbonyl (C=O) groups is 1. The number of guanidine groups is 1. The van der Waals surface area contributed by atoms with Crippen LogP contribution in [-0.2, 0) is 4.79 Å². The molecule has 0 saturated heterocycles. The summed E-state index contributed by atoms with van der Waals surface area (Å²) in [5.74, 6) is 1.99. The van der Waals surface area contributed by atoms with Gasteiger partial charge in [0.15, 0.2) is 17.5 Å². The summed E-state index contributed by atoms with van der Waals surface area (Å²) in [5, 5.41) is 9.21. The van der Waals surface area contributed by atoms with E-state index in [-0.39, 0.29) is 29.9 Å². The number of nitrogens with zero attached hydrogens (tertiary/aromatic N) is 1. The molecule has 0 radical (unpaired) electrons. The molecule has 0 spiro atoms. The Hall–Kier alpha value is -1.71. The first-order valence-corrected chi connectivity index (χ1v) is 8.77. The first-order valence-electron chi connectivity index (χ1n) is 8.77. The molecular formula is C18H31IN4O3. The van der Waals surface area contributed by atoms with Crippen LogP contribution in [0.2, 0.25) is 0 Å². The van der Waals surface area contributed by atoms with Crippen LogP contribution in [0.1, 0.15) is 33.6 Å². The van der Waals surface area contributed by atoms with Crippen LogP contribution < -0.4 is 25.4 Å². The maximum Gasteiger partial charge on any atom is 0.221 e. The number of amides is 1. The lowest BCUT2D eigenvalue weighted by Crippen LogP contribution is -2.31. The predicted octanol–water partition coefficient (Wildman–Crippen LogP) is 3.01. The number of hydrogen-bond donors (Lipinski definition) is 3. The van der Waals surface area contributed by atoms with Crippen LogP contribution >= 0.6 is 24.0 Å². The van der Waals surface area contributed by atoms with Gasteiger partial charge in [0.25, 0.3) is 0 Å². The van der Waals surface area contributed by atoms with E-state index in [4.69, 9.17) is 9.47 Å². The van der Waals surface area contributed by atoms with Crippen molar-refractivity contribution < 1.29 is 14.3 Å². The van der Waals surface area contributed by atoms with Gasteiger partial charge in [0, 0.05) is 31.3 Å². The molecule has 1 rings (SSSR count). The average molecular weight is 478 g/mol. The summed E-state index contributed by atoms with van der Waals surface area (Å²) in [6.45, 7) is 8.36. The van der Waals surface area contributed by atoms with Crippen LogP contribution in [0.5, 0.6) is 11.5 Å². The zero-order valence-electron chi connectivity index (χ0n) is 16.1. The SMILES string of the molecule is CCCNC(=O)CCN=C(NCC)Nc1ccc(OCC)c(OC)c1.I. The summed E-state index contributed by atoms with van der Waals surface area (Å²) in [7, 11) is 1.61. The Morgan fingerprint density at radius 2 is 1.92 bits per heavy atom. The van der Waals surface area contributed by atoms with Crippen molar-refractivity contribution in [1.82, 2.24) is 10.6 Å². The zero-order chi connectivity index (χ0) is 18.5. The topological polar surface area (TPSA) is 84.0 Å². The van der Waals surface area contributed by atoms with Gasteiger partial charge in [-0.3, -0.25) is 9.79 Å². The quantitative estimate of drug-likeness (QED) is 0.274. The molecule has 0 aliphatic heterocycles. The maximum atomic E-state index is 11.6. The summed E-state index contributed by atoms with van der Waals surface area (Å²) < 4.78 is 10.9. The molecule has 0 heterocycles. The van der Waals surface area contributed by atoms with E-state index in [0.717, 1.165) is 18.7 Å². The molecule has 8 heteroatoms. The van der Waals surface area contributed by atoms with Crippen molar-refractivity contribution in [2.75, 3.05) is 38.7 Å². The molecule has 0 aliphatic carbocycles. The second-order valence-corrected chi connectivity index (χ2v) is 5.28. The van der Waals surface area contributed by atoms with Crippen molar-refractivity contribution in [3.63, 3.8) is 0 Å². The van der Waals surface area contributed by atoms with Crippen LogP contribution in [0.25, 0.3) is 0 Å². The fourth-order valence-corrected chi connectivity index (χ4v) is 2.09. The van der Waals surface area contributed by atoms with Crippen molar-refractivity contribution in [2.24, 2.45) is 4.99 Å². The van der Waals surface area contributed by atoms with Crippen molar-refractivity contribution in [3.05, 3.63) is 18.2 Å². The number of anilines is 1. The number of methoxy groups -OCH3 is 1. The van der Waals surface area contributed by atoms with E-state index in [1.165, 1.54) is 0 Å². The van der Waals surface area contributed by atoms with Crippen LogP contribution in [0.15, 0.2) is 23.2 Å². The van der Waals surface area contributed by atoms with Gasteiger partial charge in [-0.2, -0.15) is 0 Å². The molecule has 0 unspecified atom stereocenters. The van der Waals surface area contributed by atoms with Crippen molar-refractivity contribution >= 4 is 41.5 Å². The van der Waals surface area contributed by atoms with Gasteiger partial charge < -0.3 is 25.4 Å². The molecule has 0 aromatic heterocycles. The molecule has 7 nitrogen and oxygen atoms in total. The number of rotatable bonds is 10. The Balaban J connectivity index is 0.00000625. The van der Waals surface area contributed by atoms with Crippen LogP contribution in [0.3, 0.4) is 0 Å². The summed E-state index contributed by atoms with van der Waals surface area (Å²) in [6.07, 6.45) is 1.29. The highest BCUT2D eigenvalue weighted by Crippen LogP contribution is 2.30. The molecule has 26 heavy (non-hydrogen) atoms. The fraction of sp³-hybridized carbons (Fsp3) is 0.556. The first-order chi connectivity index (χ1) is 12.1. The zero-order valence-corrected chi connectivity index (χ0v) is 18.4. The number of halogens is 1. The monoisotopic (exact) mass is 478 g/mol. The third-order valence-electron chi connectivity index (χ3n) is 3.25. The highest BCUT2D eigenvalue weighted by Gasteiger charge is 2.07. The third kappa shape index (κ3) is 9.12. The number of ether oxygens (including phenoxy) is 2. The standard InChI is InChI=1S/C18H30N4O3.HI/c1-5-11-20-17(23)10-12-21-18(19-6-2)22-14-8-9-15(25-7-3)16(13-14)24-4;/h8-9,13H,5-7,10-12H2,1-4H3,(H,20,23)(H2,19,21,22);1H. The predicted molar refractivity (Wildman–Crippen MR) is 117 cm³/mol. The molecule has 0 bridgehead atoms. The molecule has 0 atom stereocenters. The van der Waals surface area contributed by atoms with Crippen LogP contribution in [-0.4, -0.2) is 45.2 Å². The lowest BCUT2D eigenvalue weighted by atomic mass is 10.2. The Labute approximate surface area is 173 Å². The van der Waals surface area contributed by atoms with Gasteiger partial charge in [-0.25, -0.2) is 0 Å². The number of hydrogen-bond acceptors (Lipinski definition) is 4. The van der Waals surface area contributed by atoms with Crippen molar-refractivity contribution in [2.45, 2.75) is 33.6 Å². The highest BCUT2D eigenvalue weighted by molar-refractivity contribution is 14.0. The van der Waals surface area contributed by atoms with Gasteiger partial charge in [0.2, 0.25) is 5.91 Å². The summed E-state index contributed by atoms with van der Waals surface area (Å²) in [6, 6.07) is 5.60. The summed E-state index contributed by atoms with van der Waals surface area (Å²) >= 11 is 0. The van der Waals surface area contributed by atoms with E-state index in [2.05, 4.69) is 20.9 Å². The number of benzene rings is 1. The first kappa shape index (κ1) is 24.3. The van der Waals surface area contributed by atoms with E-state index in [9.17, 15) is 4.79 Å². The Morgan fingerprint density at radius 3 is 2.54 bits per heavy atom. The minimum absolute atomic E-state index is 0. The number of aliphatic imine (C=N–C) groups is 1. The van der Waals surface area contributed by atoms with Gasteiger partial charge in [-0.1, -0.05) is 6.92 Å². The second-order valence-electron chi connectivity index (χ2n) is 5.28. The highest BCUT2D eigenvalue weighted by atomic mass is 127. The molecule has 148 valence electrons. The van der Waals surface area contributed by atoms with E-state index < -0.39 is 0 Å². The molecule has 0 aliphatic rings. The minimum Gasteiger partial charge on any atom is -0.493 e. The average Bonchev–Trinajstić information content (AvgIpc) is 2.61. The molecule has 1 aromatic carbocycles. The Bertz CT molecular complexity index is 567. The molecular weight excluding hydrogens is 447 g/mol. The van der Waals surface area contributed by atoms with Crippen LogP contribution in [0.4, 0.5) is 5.69 Å². The van der Waals surface area contributed by atoms with E-state index in [1.807, 2.05) is 39.0 Å². The van der Waals surface area contributed by atoms with Crippen molar-refractivity contribution in [1.29, 1.82) is 0 Å². The van der Waals surface area contributed by atoms with E-state index in [1.54, 1.807) is 7.11 Å². The van der Waals surface area contributed by atoms with Gasteiger partial charge in [-0.15, -0.1) is 24.0 Å². The Kier molecular flexibility index (Phi) is 13.5. The maximum absolute atomic E-state index is 11.6. The number of carbonyl (C=O) groups excluding carboxylic acids is 1. The largest absolute Gasteiger partial charge is 0.493 e. The molecule has 1 aromatic rings. The second kappa shape index (κ2) is 14.5. The van der Waals surface area contributed by atoms with Crippen molar-refractivity contribution in [3.8, 4) is 11.5 Å². The lowest BCUT2D eigenvalue weighted by Gasteiger charge is -2.14. The fourth-order valence-electron chi connectivity index (χ4n) is 2.09. The van der Waals surface area contributed by atoms with Gasteiger partial charge in [-0.05, 0) is 32.4 Å². The Morgan fingerprint density at radius 1 is 1.15 bits per heavy atom. The smallest absolute Gasteiger partial charge is 0.221 e. The number of nitrogens with one attached hydrogen (secondary N) is 3. The minimum atomic E-state index is 0. The van der Waals surface area contributed by atoms with Crippen LogP contribution in [0, 0.1) is 0 Å². The summed E-state index contributed by atoms with van der Waals surface area (Å²) in [5.41, 5.74) is 0.829. The summed E-state index contributed by atoms with van der Waals surface area (Å²) in [4.78, 5) is 16.1. The third-order valence-corrected chi connectivity index (χ3v) is 3.25. The van der Waals surface area contributed by atoms with Gasteiger partial charge in [0.05, 0.1) is 20.3 Å². The van der Waals surface area contributed by atoms with Gasteiger partial charge >= 0.3 is 0 Å². The molecule has 0 fully saturated rings. The molecule has 1 amide bonds.